The van der Waals surface area contributed by atoms with Crippen LogP contribution in [0.3, 0.4) is 0 Å². The third-order valence-corrected chi connectivity index (χ3v) is 4.84. The zero-order valence-corrected chi connectivity index (χ0v) is 11.8. The highest BCUT2D eigenvalue weighted by Crippen LogP contribution is 2.33. The standard InChI is InChI=1S/C15H19N5O/c16-14(21)11-7-18-15-10(1-4-17-15)13(11)19-12-8-20-5-2-9(12)3-6-20/h1,4,7,9,12H,2-3,5-6,8H2,(H2,16,21)(H2,17,18,19)/t12-/m1/s1. The summed E-state index contributed by atoms with van der Waals surface area (Å²) in [4.78, 5) is 21.5. The van der Waals surface area contributed by atoms with E-state index < -0.39 is 5.91 Å². The number of anilines is 1. The van der Waals surface area contributed by atoms with E-state index >= 15 is 0 Å². The molecule has 110 valence electrons. The molecule has 0 saturated carbocycles. The molecule has 3 aliphatic heterocycles. The van der Waals surface area contributed by atoms with Crippen LogP contribution in [0.25, 0.3) is 11.0 Å². The molecular weight excluding hydrogens is 266 g/mol. The second kappa shape index (κ2) is 4.73. The molecule has 2 bridgehead atoms. The topological polar surface area (TPSA) is 87.0 Å². The number of hydrogen-bond donors (Lipinski definition) is 3. The first-order valence-electron chi connectivity index (χ1n) is 7.47. The van der Waals surface area contributed by atoms with Gasteiger partial charge in [-0.3, -0.25) is 4.79 Å². The van der Waals surface area contributed by atoms with Crippen molar-refractivity contribution >= 4 is 22.6 Å². The number of nitrogens with two attached hydrogens (primary N) is 1. The van der Waals surface area contributed by atoms with Crippen molar-refractivity contribution in [3.8, 4) is 0 Å². The van der Waals surface area contributed by atoms with Gasteiger partial charge in [0.25, 0.3) is 5.91 Å². The maximum absolute atomic E-state index is 11.7. The number of primary amides is 1. The third kappa shape index (κ3) is 2.06. The van der Waals surface area contributed by atoms with Gasteiger partial charge in [-0.2, -0.15) is 0 Å². The fourth-order valence-corrected chi connectivity index (χ4v) is 3.66. The summed E-state index contributed by atoms with van der Waals surface area (Å²) in [6.45, 7) is 3.43. The Morgan fingerprint density at radius 1 is 1.43 bits per heavy atom. The van der Waals surface area contributed by atoms with E-state index in [0.717, 1.165) is 23.3 Å². The highest BCUT2D eigenvalue weighted by atomic mass is 16.1. The maximum Gasteiger partial charge on any atom is 0.252 e. The monoisotopic (exact) mass is 285 g/mol. The van der Waals surface area contributed by atoms with E-state index in [1.807, 2.05) is 12.3 Å². The highest BCUT2D eigenvalue weighted by Gasteiger charge is 2.34. The zero-order valence-electron chi connectivity index (χ0n) is 11.8. The lowest BCUT2D eigenvalue weighted by atomic mass is 9.84. The number of carbonyl (C=O) groups is 1. The summed E-state index contributed by atoms with van der Waals surface area (Å²) in [5.74, 6) is 0.243. The molecule has 2 aromatic heterocycles. The van der Waals surface area contributed by atoms with Gasteiger partial charge >= 0.3 is 0 Å². The smallest absolute Gasteiger partial charge is 0.252 e. The van der Waals surface area contributed by atoms with E-state index in [9.17, 15) is 4.79 Å². The van der Waals surface area contributed by atoms with Gasteiger partial charge in [-0.05, 0) is 37.9 Å². The molecule has 2 aromatic rings. The summed E-state index contributed by atoms with van der Waals surface area (Å²) in [6.07, 6.45) is 5.85. The molecule has 0 spiro atoms. The number of pyridine rings is 1. The number of aromatic nitrogens is 2. The Bertz CT molecular complexity index is 686. The molecule has 5 rings (SSSR count). The van der Waals surface area contributed by atoms with Crippen LogP contribution in [-0.2, 0) is 0 Å². The van der Waals surface area contributed by atoms with Crippen molar-refractivity contribution in [1.29, 1.82) is 0 Å². The van der Waals surface area contributed by atoms with E-state index in [2.05, 4.69) is 20.2 Å². The second-order valence-corrected chi connectivity index (χ2v) is 6.04. The van der Waals surface area contributed by atoms with Crippen molar-refractivity contribution in [2.45, 2.75) is 18.9 Å². The van der Waals surface area contributed by atoms with Gasteiger partial charge in [-0.15, -0.1) is 0 Å². The SMILES string of the molecule is NC(=O)c1cnc2[nH]ccc2c1N[C@@H]1CN2CCC1CC2. The van der Waals surface area contributed by atoms with Crippen LogP contribution < -0.4 is 11.1 Å². The van der Waals surface area contributed by atoms with Crippen molar-refractivity contribution in [2.75, 3.05) is 25.0 Å². The molecule has 0 aliphatic carbocycles. The number of piperidine rings is 3. The van der Waals surface area contributed by atoms with E-state index in [4.69, 9.17) is 5.73 Å². The van der Waals surface area contributed by atoms with Gasteiger partial charge in [0.1, 0.15) is 5.65 Å². The number of nitrogens with one attached hydrogen (secondary N) is 2. The summed E-state index contributed by atoms with van der Waals surface area (Å²) < 4.78 is 0. The molecule has 4 N–H and O–H groups in total. The Labute approximate surface area is 122 Å². The first kappa shape index (κ1) is 12.6. The fourth-order valence-electron chi connectivity index (χ4n) is 3.66. The zero-order chi connectivity index (χ0) is 14.4. The molecule has 3 aliphatic rings. The van der Waals surface area contributed by atoms with Crippen molar-refractivity contribution in [1.82, 2.24) is 14.9 Å². The normalized spacial score (nSPS) is 27.9. The van der Waals surface area contributed by atoms with Gasteiger partial charge in [-0.25, -0.2) is 4.98 Å². The third-order valence-electron chi connectivity index (χ3n) is 4.84. The quantitative estimate of drug-likeness (QED) is 0.790. The Hall–Kier alpha value is -2.08. The number of amides is 1. The largest absolute Gasteiger partial charge is 0.379 e. The van der Waals surface area contributed by atoms with Crippen LogP contribution in [-0.4, -0.2) is 46.5 Å². The molecule has 0 unspecified atom stereocenters. The lowest BCUT2D eigenvalue weighted by Crippen LogP contribution is -2.53. The summed E-state index contributed by atoms with van der Waals surface area (Å²) >= 11 is 0. The number of nitrogens with zero attached hydrogens (tertiary/aromatic N) is 2. The number of aromatic amines is 1. The van der Waals surface area contributed by atoms with E-state index in [1.165, 1.54) is 25.9 Å². The predicted octanol–water partition coefficient (Wildman–Crippen LogP) is 1.17. The molecule has 1 amide bonds. The van der Waals surface area contributed by atoms with Gasteiger partial charge in [0.2, 0.25) is 0 Å². The first-order valence-corrected chi connectivity index (χ1v) is 7.47. The summed E-state index contributed by atoms with van der Waals surface area (Å²) in [6, 6.07) is 2.32. The van der Waals surface area contributed by atoms with Crippen LogP contribution in [0.4, 0.5) is 5.69 Å². The van der Waals surface area contributed by atoms with Gasteiger partial charge in [0, 0.05) is 30.4 Å². The predicted molar refractivity (Wildman–Crippen MR) is 81.2 cm³/mol. The Balaban J connectivity index is 1.73. The van der Waals surface area contributed by atoms with Crippen LogP contribution >= 0.6 is 0 Å². The maximum atomic E-state index is 11.7. The number of hydrogen-bond acceptors (Lipinski definition) is 4. The van der Waals surface area contributed by atoms with Crippen LogP contribution in [0.5, 0.6) is 0 Å². The second-order valence-electron chi connectivity index (χ2n) is 6.04. The molecule has 1 atom stereocenters. The fraction of sp³-hybridized carbons (Fsp3) is 0.467. The summed E-state index contributed by atoms with van der Waals surface area (Å²) in [5.41, 5.74) is 7.59. The van der Waals surface area contributed by atoms with E-state index in [-0.39, 0.29) is 0 Å². The lowest BCUT2D eigenvalue weighted by Gasteiger charge is -2.45. The van der Waals surface area contributed by atoms with Crippen molar-refractivity contribution in [3.05, 3.63) is 24.0 Å². The molecule has 5 heterocycles. The van der Waals surface area contributed by atoms with Crippen LogP contribution in [0.15, 0.2) is 18.5 Å². The molecule has 6 heteroatoms. The van der Waals surface area contributed by atoms with Crippen LogP contribution in [0, 0.1) is 5.92 Å². The minimum atomic E-state index is -0.436. The van der Waals surface area contributed by atoms with Crippen LogP contribution in [0.1, 0.15) is 23.2 Å². The van der Waals surface area contributed by atoms with Gasteiger partial charge in [0.15, 0.2) is 0 Å². The Morgan fingerprint density at radius 2 is 2.24 bits per heavy atom. The Kier molecular flexibility index (Phi) is 2.85. The highest BCUT2D eigenvalue weighted by molar-refractivity contribution is 6.05. The van der Waals surface area contributed by atoms with E-state index in [1.54, 1.807) is 6.20 Å². The number of fused-ring (bicyclic) bond motifs is 4. The average Bonchev–Trinajstić information content (AvgIpc) is 2.97. The molecular formula is C15H19N5O. The number of H-pyrrole nitrogens is 1. The van der Waals surface area contributed by atoms with Crippen molar-refractivity contribution in [3.63, 3.8) is 0 Å². The minimum Gasteiger partial charge on any atom is -0.379 e. The van der Waals surface area contributed by atoms with Gasteiger partial charge in [0.05, 0.1) is 11.3 Å². The summed E-state index contributed by atoms with van der Waals surface area (Å²) in [7, 11) is 0. The number of rotatable bonds is 3. The number of carbonyl (C=O) groups excluding carboxylic acids is 1. The molecule has 6 nitrogen and oxygen atoms in total. The Morgan fingerprint density at radius 3 is 2.90 bits per heavy atom. The van der Waals surface area contributed by atoms with E-state index in [0.29, 0.717) is 17.5 Å². The average molecular weight is 285 g/mol. The first-order chi connectivity index (χ1) is 10.2. The molecule has 21 heavy (non-hydrogen) atoms. The minimum absolute atomic E-state index is 0.381. The lowest BCUT2D eigenvalue weighted by molar-refractivity contribution is 0.0969. The van der Waals surface area contributed by atoms with Gasteiger partial charge in [-0.1, -0.05) is 0 Å². The molecule has 0 aromatic carbocycles. The molecule has 3 saturated heterocycles. The van der Waals surface area contributed by atoms with Crippen LogP contribution in [0.2, 0.25) is 0 Å². The van der Waals surface area contributed by atoms with Crippen molar-refractivity contribution in [2.24, 2.45) is 11.7 Å². The molecule has 0 radical (unpaired) electrons. The summed E-state index contributed by atoms with van der Waals surface area (Å²) in [5, 5.41) is 4.52. The van der Waals surface area contributed by atoms with Gasteiger partial charge < -0.3 is 20.9 Å². The van der Waals surface area contributed by atoms with Crippen molar-refractivity contribution < 1.29 is 4.79 Å². The molecule has 3 fully saturated rings.